The van der Waals surface area contributed by atoms with Gasteiger partial charge in [-0.15, -0.1) is 0 Å². The highest BCUT2D eigenvalue weighted by molar-refractivity contribution is 4.73. The number of hydrogen-bond donors (Lipinski definition) is 2. The van der Waals surface area contributed by atoms with Crippen molar-refractivity contribution in [2.45, 2.75) is 58.3 Å². The highest BCUT2D eigenvalue weighted by Gasteiger charge is 2.19. The molecule has 1 aliphatic carbocycles. The highest BCUT2D eigenvalue weighted by atomic mass is 16.7. The molecule has 1 aliphatic rings. The third-order valence-corrected chi connectivity index (χ3v) is 3.45. The smallest absolute Gasteiger partial charge is 0.158 e. The molecule has 2 N–H and O–H groups in total. The summed E-state index contributed by atoms with van der Waals surface area (Å²) < 4.78 is 11.0. The Morgan fingerprint density at radius 2 is 1.94 bits per heavy atom. The van der Waals surface area contributed by atoms with Gasteiger partial charge >= 0.3 is 0 Å². The summed E-state index contributed by atoms with van der Waals surface area (Å²) in [5, 5.41) is 13.0. The topological polar surface area (TPSA) is 50.7 Å². The average Bonchev–Trinajstić information content (AvgIpc) is 2.35. The van der Waals surface area contributed by atoms with Crippen LogP contribution in [0.25, 0.3) is 0 Å². The third kappa shape index (κ3) is 6.69. The number of hydrogen-bond acceptors (Lipinski definition) is 4. The zero-order chi connectivity index (χ0) is 13.2. The molecule has 0 aromatic carbocycles. The van der Waals surface area contributed by atoms with Crippen molar-refractivity contribution in [3.8, 4) is 0 Å². The van der Waals surface area contributed by atoms with E-state index in [1.54, 1.807) is 0 Å². The van der Waals surface area contributed by atoms with E-state index in [2.05, 4.69) is 5.32 Å². The molecular weight excluding hydrogens is 230 g/mol. The van der Waals surface area contributed by atoms with Gasteiger partial charge in [0.15, 0.2) is 6.29 Å². The van der Waals surface area contributed by atoms with Crippen molar-refractivity contribution in [1.29, 1.82) is 0 Å². The van der Waals surface area contributed by atoms with Gasteiger partial charge in [0.25, 0.3) is 0 Å². The Hall–Kier alpha value is -0.160. The van der Waals surface area contributed by atoms with Gasteiger partial charge in [-0.2, -0.15) is 0 Å². The minimum atomic E-state index is -0.0792. The first-order valence-electron chi connectivity index (χ1n) is 7.38. The van der Waals surface area contributed by atoms with E-state index in [0.717, 1.165) is 38.8 Å². The average molecular weight is 259 g/mol. The van der Waals surface area contributed by atoms with Gasteiger partial charge in [0.1, 0.15) is 0 Å². The molecule has 108 valence electrons. The first kappa shape index (κ1) is 15.9. The maximum atomic E-state index is 9.60. The Labute approximate surface area is 111 Å². The van der Waals surface area contributed by atoms with Crippen molar-refractivity contribution in [2.75, 3.05) is 26.3 Å². The SMILES string of the molecule is CCOC(CCNCC1CCCC(O)C1)OCC. The van der Waals surface area contributed by atoms with Crippen LogP contribution >= 0.6 is 0 Å². The Morgan fingerprint density at radius 3 is 2.56 bits per heavy atom. The quantitative estimate of drug-likeness (QED) is 0.490. The summed E-state index contributed by atoms with van der Waals surface area (Å²) in [5.74, 6) is 0.631. The maximum absolute atomic E-state index is 9.60. The van der Waals surface area contributed by atoms with Crippen LogP contribution in [0.2, 0.25) is 0 Å². The molecule has 4 heteroatoms. The number of ether oxygens (including phenoxy) is 2. The third-order valence-electron chi connectivity index (χ3n) is 3.45. The Morgan fingerprint density at radius 1 is 1.22 bits per heavy atom. The van der Waals surface area contributed by atoms with E-state index in [4.69, 9.17) is 9.47 Å². The molecule has 0 radical (unpaired) electrons. The summed E-state index contributed by atoms with van der Waals surface area (Å²) in [6, 6.07) is 0. The molecule has 2 atom stereocenters. The van der Waals surface area contributed by atoms with Crippen LogP contribution in [0, 0.1) is 5.92 Å². The molecule has 0 aromatic rings. The van der Waals surface area contributed by atoms with Crippen molar-refractivity contribution >= 4 is 0 Å². The molecule has 0 heterocycles. The highest BCUT2D eigenvalue weighted by Crippen LogP contribution is 2.23. The minimum absolute atomic E-state index is 0.0786. The second-order valence-electron chi connectivity index (χ2n) is 5.02. The van der Waals surface area contributed by atoms with E-state index >= 15 is 0 Å². The second kappa shape index (κ2) is 9.73. The molecule has 1 saturated carbocycles. The van der Waals surface area contributed by atoms with Gasteiger partial charge in [0, 0.05) is 19.6 Å². The van der Waals surface area contributed by atoms with Crippen LogP contribution in [0.5, 0.6) is 0 Å². The molecule has 4 nitrogen and oxygen atoms in total. The molecular formula is C14H29NO3. The van der Waals surface area contributed by atoms with Crippen LogP contribution in [0.4, 0.5) is 0 Å². The van der Waals surface area contributed by atoms with Gasteiger partial charge in [-0.1, -0.05) is 6.42 Å². The van der Waals surface area contributed by atoms with Gasteiger partial charge in [-0.25, -0.2) is 0 Å². The van der Waals surface area contributed by atoms with E-state index < -0.39 is 0 Å². The molecule has 18 heavy (non-hydrogen) atoms. The van der Waals surface area contributed by atoms with Crippen LogP contribution in [-0.4, -0.2) is 43.8 Å². The fraction of sp³-hybridized carbons (Fsp3) is 1.00. The molecule has 1 rings (SSSR count). The van der Waals surface area contributed by atoms with E-state index in [0.29, 0.717) is 19.1 Å². The summed E-state index contributed by atoms with van der Waals surface area (Å²) in [5.41, 5.74) is 0. The summed E-state index contributed by atoms with van der Waals surface area (Å²) in [4.78, 5) is 0. The molecule has 0 amide bonds. The van der Waals surface area contributed by atoms with Crippen LogP contribution < -0.4 is 5.32 Å². The van der Waals surface area contributed by atoms with Crippen molar-refractivity contribution in [1.82, 2.24) is 5.32 Å². The normalized spacial score (nSPS) is 24.7. The molecule has 0 aliphatic heterocycles. The maximum Gasteiger partial charge on any atom is 0.158 e. The number of nitrogens with one attached hydrogen (secondary N) is 1. The molecule has 0 saturated heterocycles. The fourth-order valence-electron chi connectivity index (χ4n) is 2.56. The van der Waals surface area contributed by atoms with Gasteiger partial charge in [-0.3, -0.25) is 0 Å². The number of rotatable bonds is 9. The van der Waals surface area contributed by atoms with Crippen LogP contribution in [0.3, 0.4) is 0 Å². The first-order valence-corrected chi connectivity index (χ1v) is 7.38. The summed E-state index contributed by atoms with van der Waals surface area (Å²) in [6.45, 7) is 7.28. The molecule has 0 aromatic heterocycles. The predicted octanol–water partition coefficient (Wildman–Crippen LogP) is 1.92. The Kier molecular flexibility index (Phi) is 8.59. The lowest BCUT2D eigenvalue weighted by molar-refractivity contribution is -0.138. The lowest BCUT2D eigenvalue weighted by Crippen LogP contribution is -2.31. The van der Waals surface area contributed by atoms with Crippen molar-refractivity contribution < 1.29 is 14.6 Å². The number of aliphatic hydroxyl groups excluding tert-OH is 1. The predicted molar refractivity (Wildman–Crippen MR) is 72.5 cm³/mol. The molecule has 0 spiro atoms. The van der Waals surface area contributed by atoms with E-state index in [9.17, 15) is 5.11 Å². The molecule has 0 bridgehead atoms. The monoisotopic (exact) mass is 259 g/mol. The van der Waals surface area contributed by atoms with Crippen molar-refractivity contribution in [3.05, 3.63) is 0 Å². The van der Waals surface area contributed by atoms with Gasteiger partial charge in [-0.05, 0) is 52.1 Å². The Balaban J connectivity index is 2.05. The van der Waals surface area contributed by atoms with Crippen LogP contribution in [0.1, 0.15) is 46.0 Å². The standard InChI is InChI=1S/C14H29NO3/c1-3-17-14(18-4-2)8-9-15-11-12-6-5-7-13(16)10-12/h12-16H,3-11H2,1-2H3. The van der Waals surface area contributed by atoms with Gasteiger partial charge in [0.05, 0.1) is 6.10 Å². The van der Waals surface area contributed by atoms with Crippen molar-refractivity contribution in [2.24, 2.45) is 5.92 Å². The lowest BCUT2D eigenvalue weighted by atomic mass is 9.87. The van der Waals surface area contributed by atoms with E-state index in [1.165, 1.54) is 6.42 Å². The van der Waals surface area contributed by atoms with Crippen LogP contribution in [0.15, 0.2) is 0 Å². The van der Waals surface area contributed by atoms with Gasteiger partial charge < -0.3 is 19.9 Å². The summed E-state index contributed by atoms with van der Waals surface area (Å²) >= 11 is 0. The van der Waals surface area contributed by atoms with Gasteiger partial charge in [0.2, 0.25) is 0 Å². The Bertz CT molecular complexity index is 189. The van der Waals surface area contributed by atoms with Crippen molar-refractivity contribution in [3.63, 3.8) is 0 Å². The zero-order valence-electron chi connectivity index (χ0n) is 11.9. The zero-order valence-corrected chi connectivity index (χ0v) is 11.9. The molecule has 1 fully saturated rings. The molecule has 2 unspecified atom stereocenters. The second-order valence-corrected chi connectivity index (χ2v) is 5.02. The van der Waals surface area contributed by atoms with E-state index in [1.807, 2.05) is 13.8 Å². The lowest BCUT2D eigenvalue weighted by Gasteiger charge is -2.26. The largest absolute Gasteiger partial charge is 0.393 e. The van der Waals surface area contributed by atoms with E-state index in [-0.39, 0.29) is 12.4 Å². The number of aliphatic hydroxyl groups is 1. The van der Waals surface area contributed by atoms with Crippen LogP contribution in [-0.2, 0) is 9.47 Å². The summed E-state index contributed by atoms with van der Waals surface area (Å²) in [6.07, 6.45) is 5.06. The minimum Gasteiger partial charge on any atom is -0.393 e. The summed E-state index contributed by atoms with van der Waals surface area (Å²) in [7, 11) is 0. The fourth-order valence-corrected chi connectivity index (χ4v) is 2.56. The first-order chi connectivity index (χ1) is 8.76.